The average molecular weight is 408 g/mol. The number of rotatable bonds is 8. The van der Waals surface area contributed by atoms with Crippen molar-refractivity contribution in [3.63, 3.8) is 0 Å². The fourth-order valence-corrected chi connectivity index (χ4v) is 4.10. The van der Waals surface area contributed by atoms with Crippen LogP contribution in [0.1, 0.15) is 11.8 Å². The van der Waals surface area contributed by atoms with Crippen molar-refractivity contribution in [1.82, 2.24) is 19.6 Å². The maximum absolute atomic E-state index is 12.1. The zero-order chi connectivity index (χ0) is 19.3. The van der Waals surface area contributed by atoms with Gasteiger partial charge in [-0.05, 0) is 24.3 Å². The van der Waals surface area contributed by atoms with Crippen LogP contribution in [0.15, 0.2) is 74.9 Å². The maximum Gasteiger partial charge on any atom is 0.241 e. The first-order valence-electron chi connectivity index (χ1n) is 7.77. The Labute approximate surface area is 156 Å². The monoisotopic (exact) mass is 408 g/mol. The molecule has 0 bridgehead atoms. The van der Waals surface area contributed by atoms with Gasteiger partial charge >= 0.3 is 0 Å². The SMILES string of the molecule is O=S(=O)(NCc1nnc(CNS(=O)(=O)c2ccccc2)o1)c1ccccc1. The van der Waals surface area contributed by atoms with E-state index in [1.165, 1.54) is 24.3 Å². The van der Waals surface area contributed by atoms with Gasteiger partial charge in [-0.3, -0.25) is 0 Å². The molecule has 9 nitrogen and oxygen atoms in total. The van der Waals surface area contributed by atoms with Crippen LogP contribution >= 0.6 is 0 Å². The van der Waals surface area contributed by atoms with Crippen molar-refractivity contribution in [1.29, 1.82) is 0 Å². The van der Waals surface area contributed by atoms with Crippen LogP contribution in [0.25, 0.3) is 0 Å². The third-order valence-corrected chi connectivity index (χ3v) is 6.28. The zero-order valence-electron chi connectivity index (χ0n) is 13.9. The lowest BCUT2D eigenvalue weighted by Gasteiger charge is -2.04. The molecule has 27 heavy (non-hydrogen) atoms. The number of benzene rings is 2. The van der Waals surface area contributed by atoms with E-state index in [1.807, 2.05) is 0 Å². The number of nitrogens with one attached hydrogen (secondary N) is 2. The van der Waals surface area contributed by atoms with Gasteiger partial charge in [0.1, 0.15) is 0 Å². The summed E-state index contributed by atoms with van der Waals surface area (Å²) in [6, 6.07) is 15.7. The molecule has 2 N–H and O–H groups in total. The Hall–Kier alpha value is -2.60. The molecule has 0 spiro atoms. The summed E-state index contributed by atoms with van der Waals surface area (Å²) >= 11 is 0. The van der Waals surface area contributed by atoms with E-state index in [1.54, 1.807) is 36.4 Å². The molecule has 0 atom stereocenters. The Morgan fingerprint density at radius 1 is 0.667 bits per heavy atom. The van der Waals surface area contributed by atoms with E-state index in [2.05, 4.69) is 19.6 Å². The molecule has 0 radical (unpaired) electrons. The van der Waals surface area contributed by atoms with Crippen LogP contribution in [0.4, 0.5) is 0 Å². The Balaban J connectivity index is 1.59. The molecule has 1 aromatic heterocycles. The van der Waals surface area contributed by atoms with Crippen LogP contribution < -0.4 is 9.44 Å². The normalized spacial score (nSPS) is 12.1. The van der Waals surface area contributed by atoms with Crippen LogP contribution in [0, 0.1) is 0 Å². The molecule has 2 aromatic carbocycles. The van der Waals surface area contributed by atoms with Crippen molar-refractivity contribution in [2.45, 2.75) is 22.9 Å². The second kappa shape index (κ2) is 7.96. The van der Waals surface area contributed by atoms with E-state index < -0.39 is 20.0 Å². The number of aromatic nitrogens is 2. The van der Waals surface area contributed by atoms with E-state index in [0.717, 1.165) is 0 Å². The molecule has 1 heterocycles. The van der Waals surface area contributed by atoms with Gasteiger partial charge in [-0.25, -0.2) is 26.3 Å². The van der Waals surface area contributed by atoms with E-state index in [4.69, 9.17) is 4.42 Å². The lowest BCUT2D eigenvalue weighted by Crippen LogP contribution is -2.23. The Bertz CT molecular complexity index is 1010. The Morgan fingerprint density at radius 3 is 1.41 bits per heavy atom. The summed E-state index contributed by atoms with van der Waals surface area (Å²) in [5.41, 5.74) is 0. The number of sulfonamides is 2. The third kappa shape index (κ3) is 4.98. The van der Waals surface area contributed by atoms with Gasteiger partial charge in [0.15, 0.2) is 0 Å². The molecular weight excluding hydrogens is 392 g/mol. The minimum absolute atomic E-state index is 0.0171. The topological polar surface area (TPSA) is 131 Å². The summed E-state index contributed by atoms with van der Waals surface area (Å²) in [6.07, 6.45) is 0. The first-order chi connectivity index (χ1) is 12.9. The summed E-state index contributed by atoms with van der Waals surface area (Å²) in [6.45, 7) is -0.425. The zero-order valence-corrected chi connectivity index (χ0v) is 15.6. The lowest BCUT2D eigenvalue weighted by atomic mass is 10.4. The van der Waals surface area contributed by atoms with Crippen molar-refractivity contribution in [3.8, 4) is 0 Å². The van der Waals surface area contributed by atoms with Crippen molar-refractivity contribution in [3.05, 3.63) is 72.4 Å². The fraction of sp³-hybridized carbons (Fsp3) is 0.125. The van der Waals surface area contributed by atoms with Crippen LogP contribution in [0.5, 0.6) is 0 Å². The minimum atomic E-state index is -3.71. The largest absolute Gasteiger partial charge is 0.422 e. The van der Waals surface area contributed by atoms with Crippen LogP contribution in [-0.4, -0.2) is 27.0 Å². The Morgan fingerprint density at radius 2 is 1.04 bits per heavy atom. The van der Waals surface area contributed by atoms with E-state index in [0.29, 0.717) is 0 Å². The summed E-state index contributed by atoms with van der Waals surface area (Å²) in [4.78, 5) is 0.223. The summed E-state index contributed by atoms with van der Waals surface area (Å²) in [5, 5.41) is 7.42. The molecular formula is C16H16N4O5S2. The Kier molecular flexibility index (Phi) is 5.65. The molecule has 3 aromatic rings. The van der Waals surface area contributed by atoms with Gasteiger partial charge in [0.25, 0.3) is 0 Å². The molecule has 0 aliphatic heterocycles. The molecule has 0 amide bonds. The molecule has 0 fully saturated rings. The van der Waals surface area contributed by atoms with Gasteiger partial charge in [-0.1, -0.05) is 36.4 Å². The third-order valence-electron chi connectivity index (χ3n) is 3.44. The molecule has 0 aliphatic rings. The van der Waals surface area contributed by atoms with E-state index in [9.17, 15) is 16.8 Å². The molecule has 0 unspecified atom stereocenters. The average Bonchev–Trinajstić information content (AvgIpc) is 3.15. The smallest absolute Gasteiger partial charge is 0.241 e. The lowest BCUT2D eigenvalue weighted by molar-refractivity contribution is 0.438. The minimum Gasteiger partial charge on any atom is -0.422 e. The van der Waals surface area contributed by atoms with Crippen molar-refractivity contribution in [2.24, 2.45) is 0 Å². The van der Waals surface area contributed by atoms with Crippen LogP contribution in [0.2, 0.25) is 0 Å². The quantitative estimate of drug-likeness (QED) is 0.569. The highest BCUT2D eigenvalue weighted by Crippen LogP contribution is 2.10. The highest BCUT2D eigenvalue weighted by molar-refractivity contribution is 7.89. The first-order valence-corrected chi connectivity index (χ1v) is 10.7. The van der Waals surface area contributed by atoms with Crippen molar-refractivity contribution in [2.75, 3.05) is 0 Å². The predicted molar refractivity (Wildman–Crippen MR) is 95.2 cm³/mol. The molecule has 0 saturated heterocycles. The van der Waals surface area contributed by atoms with Gasteiger partial charge in [0, 0.05) is 0 Å². The number of hydrogen-bond acceptors (Lipinski definition) is 7. The van der Waals surface area contributed by atoms with Gasteiger partial charge in [-0.2, -0.15) is 0 Å². The first kappa shape index (κ1) is 19.2. The van der Waals surface area contributed by atoms with Crippen LogP contribution in [-0.2, 0) is 33.1 Å². The van der Waals surface area contributed by atoms with Crippen LogP contribution in [0.3, 0.4) is 0 Å². The van der Waals surface area contributed by atoms with Crippen molar-refractivity contribution < 1.29 is 21.3 Å². The second-order valence-electron chi connectivity index (χ2n) is 5.36. The molecule has 142 valence electrons. The molecule has 11 heteroatoms. The van der Waals surface area contributed by atoms with E-state index >= 15 is 0 Å². The second-order valence-corrected chi connectivity index (χ2v) is 8.90. The number of nitrogens with zero attached hydrogens (tertiary/aromatic N) is 2. The van der Waals surface area contributed by atoms with Crippen molar-refractivity contribution >= 4 is 20.0 Å². The van der Waals surface area contributed by atoms with E-state index in [-0.39, 0.29) is 34.7 Å². The fourth-order valence-electron chi connectivity index (χ4n) is 2.11. The standard InChI is InChI=1S/C16H16N4O5S2/c21-26(22,13-7-3-1-4-8-13)17-11-15-19-20-16(25-15)12-18-27(23,24)14-9-5-2-6-10-14/h1-10,17-18H,11-12H2. The molecule has 3 rings (SSSR count). The van der Waals surface area contributed by atoms with Gasteiger partial charge in [0.05, 0.1) is 22.9 Å². The number of hydrogen-bond donors (Lipinski definition) is 2. The summed E-state index contributed by atoms with van der Waals surface area (Å²) in [5.74, 6) is 0.0341. The predicted octanol–water partition coefficient (Wildman–Crippen LogP) is 1.03. The van der Waals surface area contributed by atoms with Gasteiger partial charge in [0.2, 0.25) is 31.8 Å². The summed E-state index contributed by atoms with van der Waals surface area (Å²) in [7, 11) is -7.42. The van der Waals surface area contributed by atoms with Gasteiger partial charge in [-0.15, -0.1) is 10.2 Å². The molecule has 0 saturated carbocycles. The maximum atomic E-state index is 12.1. The molecule has 0 aliphatic carbocycles. The highest BCUT2D eigenvalue weighted by Gasteiger charge is 2.17. The highest BCUT2D eigenvalue weighted by atomic mass is 32.2. The summed E-state index contributed by atoms with van der Waals surface area (Å²) < 4.78 is 58.5. The van der Waals surface area contributed by atoms with Gasteiger partial charge < -0.3 is 4.42 Å².